The van der Waals surface area contributed by atoms with Crippen molar-refractivity contribution in [2.75, 3.05) is 34.7 Å². The number of nitrogens with zero attached hydrogens (tertiary/aromatic N) is 3. The Bertz CT molecular complexity index is 1020. The van der Waals surface area contributed by atoms with Gasteiger partial charge in [-0.2, -0.15) is 15.0 Å². The van der Waals surface area contributed by atoms with Gasteiger partial charge in [0, 0.05) is 31.7 Å². The average molecular weight is 493 g/mol. The molecule has 0 unspecified atom stereocenters. The van der Waals surface area contributed by atoms with Crippen LogP contribution < -0.4 is 16.0 Å². The molecule has 0 radical (unpaired) electrons. The van der Waals surface area contributed by atoms with Gasteiger partial charge in [0.25, 0.3) is 0 Å². The summed E-state index contributed by atoms with van der Waals surface area (Å²) in [6.45, 7) is 0. The van der Waals surface area contributed by atoms with Crippen LogP contribution in [0.15, 0.2) is 87.5 Å². The summed E-state index contributed by atoms with van der Waals surface area (Å²) in [5.41, 5.74) is 2.72. The molecule has 0 aliphatic heterocycles. The monoisotopic (exact) mass is 492 g/mol. The molecule has 0 fully saturated rings. The number of hydrogen-bond acceptors (Lipinski definition) is 9. The van der Waals surface area contributed by atoms with Crippen LogP contribution in [0.4, 0.5) is 34.9 Å². The number of thioether (sulfide) groups is 3. The maximum absolute atomic E-state index is 4.58. The Kier molecular flexibility index (Phi) is 7.98. The summed E-state index contributed by atoms with van der Waals surface area (Å²) in [5.74, 6) is 1.36. The van der Waals surface area contributed by atoms with Crippen molar-refractivity contribution in [1.29, 1.82) is 0 Å². The third-order valence-electron chi connectivity index (χ3n) is 4.67. The quantitative estimate of drug-likeness (QED) is 0.209. The molecule has 1 heterocycles. The van der Waals surface area contributed by atoms with Crippen molar-refractivity contribution in [3.05, 3.63) is 72.8 Å². The smallest absolute Gasteiger partial charge is 0.233 e. The fraction of sp³-hybridized carbons (Fsp3) is 0.125. The maximum atomic E-state index is 4.58. The van der Waals surface area contributed by atoms with E-state index in [1.807, 2.05) is 36.4 Å². The van der Waals surface area contributed by atoms with Crippen molar-refractivity contribution in [2.45, 2.75) is 14.7 Å². The summed E-state index contributed by atoms with van der Waals surface area (Å²) in [7, 11) is 0. The summed E-state index contributed by atoms with van der Waals surface area (Å²) in [6.07, 6.45) is 6.17. The molecular formula is C24H24N6S3. The average Bonchev–Trinajstić information content (AvgIpc) is 2.85. The van der Waals surface area contributed by atoms with Crippen LogP contribution in [0.2, 0.25) is 0 Å². The molecule has 1 aromatic heterocycles. The first-order valence-corrected chi connectivity index (χ1v) is 13.8. The summed E-state index contributed by atoms with van der Waals surface area (Å²) in [6, 6.07) is 24.4. The van der Waals surface area contributed by atoms with Gasteiger partial charge >= 0.3 is 0 Å². The second-order valence-corrected chi connectivity index (χ2v) is 9.51. The van der Waals surface area contributed by atoms with E-state index >= 15 is 0 Å². The lowest BCUT2D eigenvalue weighted by atomic mass is 10.3. The van der Waals surface area contributed by atoms with Crippen molar-refractivity contribution in [2.24, 2.45) is 0 Å². The molecular weight excluding hydrogens is 469 g/mol. The zero-order valence-electron chi connectivity index (χ0n) is 18.5. The van der Waals surface area contributed by atoms with Crippen LogP contribution >= 0.6 is 35.3 Å². The molecule has 168 valence electrons. The Balaban J connectivity index is 1.61. The normalized spacial score (nSPS) is 10.6. The summed E-state index contributed by atoms with van der Waals surface area (Å²) in [5, 5.41) is 9.86. The van der Waals surface area contributed by atoms with Gasteiger partial charge < -0.3 is 16.0 Å². The fourth-order valence-corrected chi connectivity index (χ4v) is 4.18. The predicted octanol–water partition coefficient (Wildman–Crippen LogP) is 7.27. The van der Waals surface area contributed by atoms with Crippen molar-refractivity contribution < 1.29 is 0 Å². The van der Waals surface area contributed by atoms with E-state index < -0.39 is 0 Å². The molecule has 3 N–H and O–H groups in total. The highest BCUT2D eigenvalue weighted by atomic mass is 32.2. The number of benzene rings is 3. The van der Waals surface area contributed by atoms with Crippen LogP contribution in [0.5, 0.6) is 0 Å². The number of rotatable bonds is 9. The third-order valence-corrected chi connectivity index (χ3v) is 6.90. The van der Waals surface area contributed by atoms with Crippen LogP contribution in [0.1, 0.15) is 0 Å². The van der Waals surface area contributed by atoms with E-state index in [0.29, 0.717) is 17.8 Å². The van der Waals surface area contributed by atoms with E-state index in [1.54, 1.807) is 35.3 Å². The standard InChI is InChI=1S/C24H24N6S3/c1-31-19-10-4-16(5-11-19)25-22-28-23(26-17-6-12-20(32-2)13-7-17)30-24(29-22)27-18-8-14-21(33-3)15-9-18/h4-15H,1-3H3,(H3,25,26,27,28,29,30). The minimum absolute atomic E-state index is 0.452. The molecule has 33 heavy (non-hydrogen) atoms. The first-order valence-electron chi connectivity index (χ1n) is 10.1. The number of aromatic nitrogens is 3. The lowest BCUT2D eigenvalue weighted by Gasteiger charge is -2.12. The topological polar surface area (TPSA) is 74.8 Å². The molecule has 0 atom stereocenters. The van der Waals surface area contributed by atoms with Crippen LogP contribution in [0, 0.1) is 0 Å². The van der Waals surface area contributed by atoms with E-state index in [1.165, 1.54) is 14.7 Å². The molecule has 0 aliphatic rings. The highest BCUT2D eigenvalue weighted by Crippen LogP contribution is 2.25. The van der Waals surface area contributed by atoms with Crippen molar-refractivity contribution >= 4 is 70.2 Å². The van der Waals surface area contributed by atoms with Gasteiger partial charge in [-0.25, -0.2) is 0 Å². The van der Waals surface area contributed by atoms with E-state index in [9.17, 15) is 0 Å². The maximum Gasteiger partial charge on any atom is 0.233 e. The minimum atomic E-state index is 0.452. The van der Waals surface area contributed by atoms with Gasteiger partial charge in [0.15, 0.2) is 0 Å². The molecule has 0 bridgehead atoms. The van der Waals surface area contributed by atoms with Crippen LogP contribution in [0.25, 0.3) is 0 Å². The summed E-state index contributed by atoms with van der Waals surface area (Å²) >= 11 is 5.11. The van der Waals surface area contributed by atoms with Crippen LogP contribution in [-0.2, 0) is 0 Å². The zero-order chi connectivity index (χ0) is 23.0. The van der Waals surface area contributed by atoms with E-state index in [4.69, 9.17) is 0 Å². The highest BCUT2D eigenvalue weighted by molar-refractivity contribution is 7.99. The first-order chi connectivity index (χ1) is 16.1. The van der Waals surface area contributed by atoms with Gasteiger partial charge in [-0.15, -0.1) is 35.3 Å². The van der Waals surface area contributed by atoms with Gasteiger partial charge in [0.1, 0.15) is 0 Å². The Morgan fingerprint density at radius 3 is 0.879 bits per heavy atom. The summed E-state index contributed by atoms with van der Waals surface area (Å²) < 4.78 is 0. The molecule has 4 rings (SSSR count). The lowest BCUT2D eigenvalue weighted by molar-refractivity contribution is 1.06. The largest absolute Gasteiger partial charge is 0.324 e. The Labute approximate surface area is 206 Å². The lowest BCUT2D eigenvalue weighted by Crippen LogP contribution is -2.07. The molecule has 0 amide bonds. The molecule has 3 aromatic carbocycles. The molecule has 4 aromatic rings. The predicted molar refractivity (Wildman–Crippen MR) is 144 cm³/mol. The first kappa shape index (κ1) is 23.3. The Hall–Kier alpha value is -2.88. The van der Waals surface area contributed by atoms with E-state index in [-0.39, 0.29) is 0 Å². The number of anilines is 6. The number of hydrogen-bond donors (Lipinski definition) is 3. The second-order valence-electron chi connectivity index (χ2n) is 6.87. The second kappa shape index (κ2) is 11.3. The molecule has 0 saturated heterocycles. The Morgan fingerprint density at radius 1 is 0.424 bits per heavy atom. The molecule has 6 nitrogen and oxygen atoms in total. The van der Waals surface area contributed by atoms with Crippen LogP contribution in [-0.4, -0.2) is 33.7 Å². The van der Waals surface area contributed by atoms with Crippen molar-refractivity contribution in [3.8, 4) is 0 Å². The van der Waals surface area contributed by atoms with Crippen LogP contribution in [0.3, 0.4) is 0 Å². The fourth-order valence-electron chi connectivity index (χ4n) is 2.95. The van der Waals surface area contributed by atoms with Crippen molar-refractivity contribution in [1.82, 2.24) is 15.0 Å². The molecule has 0 saturated carbocycles. The molecule has 9 heteroatoms. The minimum Gasteiger partial charge on any atom is -0.324 e. The van der Waals surface area contributed by atoms with E-state index in [2.05, 4.69) is 86.1 Å². The molecule has 0 spiro atoms. The SMILES string of the molecule is CSc1ccc(Nc2nc(Nc3ccc(SC)cc3)nc(Nc3ccc(SC)cc3)n2)cc1. The van der Waals surface area contributed by atoms with Gasteiger partial charge in [-0.05, 0) is 91.6 Å². The van der Waals surface area contributed by atoms with E-state index in [0.717, 1.165) is 17.1 Å². The van der Waals surface area contributed by atoms with Gasteiger partial charge in [0.2, 0.25) is 17.8 Å². The number of nitrogens with one attached hydrogen (secondary N) is 3. The highest BCUT2D eigenvalue weighted by Gasteiger charge is 2.09. The van der Waals surface area contributed by atoms with Gasteiger partial charge in [-0.3, -0.25) is 0 Å². The third kappa shape index (κ3) is 6.56. The van der Waals surface area contributed by atoms with Gasteiger partial charge in [0.05, 0.1) is 0 Å². The van der Waals surface area contributed by atoms with Gasteiger partial charge in [-0.1, -0.05) is 0 Å². The van der Waals surface area contributed by atoms with Crippen molar-refractivity contribution in [3.63, 3.8) is 0 Å². The summed E-state index contributed by atoms with van der Waals surface area (Å²) in [4.78, 5) is 17.3. The Morgan fingerprint density at radius 2 is 0.667 bits per heavy atom. The zero-order valence-corrected chi connectivity index (χ0v) is 20.9. The molecule has 0 aliphatic carbocycles.